The number of amides is 1. The number of likely N-dealkylation sites (tertiary alicyclic amines) is 1. The molecule has 6 nitrogen and oxygen atoms in total. The maximum atomic E-state index is 12.8. The van der Waals surface area contributed by atoms with Crippen molar-refractivity contribution in [1.82, 2.24) is 19.5 Å². The fraction of sp³-hybridized carbons (Fsp3) is 0.381. The third kappa shape index (κ3) is 3.65. The van der Waals surface area contributed by atoms with Crippen LogP contribution in [-0.4, -0.2) is 45.5 Å². The average Bonchev–Trinajstić information content (AvgIpc) is 3.12. The van der Waals surface area contributed by atoms with E-state index in [2.05, 4.69) is 22.1 Å². The minimum atomic E-state index is 0.0210. The summed E-state index contributed by atoms with van der Waals surface area (Å²) in [6.07, 6.45) is 5.23. The second kappa shape index (κ2) is 7.39. The Labute approximate surface area is 159 Å². The van der Waals surface area contributed by atoms with Gasteiger partial charge in [0.15, 0.2) is 11.5 Å². The van der Waals surface area contributed by atoms with Crippen molar-refractivity contribution >= 4 is 17.2 Å². The van der Waals surface area contributed by atoms with Gasteiger partial charge in [-0.3, -0.25) is 4.79 Å². The number of aryl methyl sites for hydroxylation is 1. The van der Waals surface area contributed by atoms with Crippen molar-refractivity contribution in [1.29, 1.82) is 0 Å². The predicted molar refractivity (Wildman–Crippen MR) is 106 cm³/mol. The highest BCUT2D eigenvalue weighted by atomic mass is 16.2. The molecule has 0 bridgehead atoms. The number of hydrogen-bond donors (Lipinski definition) is 0. The topological polar surface area (TPSA) is 53.7 Å². The zero-order valence-electron chi connectivity index (χ0n) is 15.9. The summed E-state index contributed by atoms with van der Waals surface area (Å²) in [6.45, 7) is 4.34. The summed E-state index contributed by atoms with van der Waals surface area (Å²) in [5.41, 5.74) is 3.45. The van der Waals surface area contributed by atoms with Crippen LogP contribution in [0.4, 0.5) is 5.82 Å². The number of nitrogens with zero attached hydrogens (tertiary/aromatic N) is 5. The van der Waals surface area contributed by atoms with Crippen molar-refractivity contribution in [2.24, 2.45) is 0 Å². The van der Waals surface area contributed by atoms with Crippen molar-refractivity contribution in [2.45, 2.75) is 32.7 Å². The van der Waals surface area contributed by atoms with E-state index in [0.717, 1.165) is 49.5 Å². The Balaban J connectivity index is 1.66. The lowest BCUT2D eigenvalue weighted by Gasteiger charge is -2.25. The Morgan fingerprint density at radius 3 is 2.63 bits per heavy atom. The van der Waals surface area contributed by atoms with Gasteiger partial charge in [-0.2, -0.15) is 5.10 Å². The van der Waals surface area contributed by atoms with Crippen molar-refractivity contribution < 1.29 is 4.79 Å². The fourth-order valence-electron chi connectivity index (χ4n) is 3.67. The van der Waals surface area contributed by atoms with Crippen LogP contribution in [0.5, 0.6) is 0 Å². The Hall–Kier alpha value is -2.89. The van der Waals surface area contributed by atoms with Crippen LogP contribution in [0.1, 0.15) is 41.0 Å². The lowest BCUT2D eigenvalue weighted by Crippen LogP contribution is -2.35. The number of benzene rings is 1. The van der Waals surface area contributed by atoms with Gasteiger partial charge in [0.05, 0.1) is 11.9 Å². The third-order valence-electron chi connectivity index (χ3n) is 5.04. The number of rotatable bonds is 4. The SMILES string of the molecule is Cc1cn2nc(C(=O)N3CCCCC3)cc2c(N(C)Cc2ccccc2)n1. The van der Waals surface area contributed by atoms with Gasteiger partial charge in [0, 0.05) is 32.7 Å². The largest absolute Gasteiger partial charge is 0.354 e. The van der Waals surface area contributed by atoms with E-state index in [1.54, 1.807) is 4.52 Å². The van der Waals surface area contributed by atoms with Gasteiger partial charge >= 0.3 is 0 Å². The van der Waals surface area contributed by atoms with E-state index in [-0.39, 0.29) is 5.91 Å². The molecule has 27 heavy (non-hydrogen) atoms. The van der Waals surface area contributed by atoms with Crippen LogP contribution >= 0.6 is 0 Å². The van der Waals surface area contributed by atoms with E-state index in [4.69, 9.17) is 4.98 Å². The summed E-state index contributed by atoms with van der Waals surface area (Å²) >= 11 is 0. The molecular formula is C21H25N5O. The van der Waals surface area contributed by atoms with Crippen molar-refractivity contribution in [3.63, 3.8) is 0 Å². The van der Waals surface area contributed by atoms with Crippen LogP contribution in [0.2, 0.25) is 0 Å². The third-order valence-corrected chi connectivity index (χ3v) is 5.04. The minimum Gasteiger partial charge on any atom is -0.354 e. The van der Waals surface area contributed by atoms with Crippen LogP contribution in [0.15, 0.2) is 42.6 Å². The maximum Gasteiger partial charge on any atom is 0.274 e. The highest BCUT2D eigenvalue weighted by molar-refractivity contribution is 5.94. The van der Waals surface area contributed by atoms with Gasteiger partial charge in [0.25, 0.3) is 5.91 Å². The molecule has 140 valence electrons. The number of hydrogen-bond acceptors (Lipinski definition) is 4. The summed E-state index contributed by atoms with van der Waals surface area (Å²) in [7, 11) is 2.02. The van der Waals surface area contributed by atoms with Gasteiger partial charge < -0.3 is 9.80 Å². The summed E-state index contributed by atoms with van der Waals surface area (Å²) in [4.78, 5) is 21.6. The van der Waals surface area contributed by atoms with Gasteiger partial charge in [-0.25, -0.2) is 9.50 Å². The van der Waals surface area contributed by atoms with Gasteiger partial charge in [-0.05, 0) is 31.7 Å². The molecule has 1 aliphatic heterocycles. The van der Waals surface area contributed by atoms with E-state index >= 15 is 0 Å². The number of carbonyl (C=O) groups is 1. The molecule has 1 aromatic carbocycles. The Kier molecular flexibility index (Phi) is 4.79. The molecule has 1 amide bonds. The first-order valence-electron chi connectivity index (χ1n) is 9.53. The maximum absolute atomic E-state index is 12.8. The number of fused-ring (bicyclic) bond motifs is 1. The second-order valence-corrected chi connectivity index (χ2v) is 7.26. The van der Waals surface area contributed by atoms with Gasteiger partial charge in [0.1, 0.15) is 5.52 Å². The lowest BCUT2D eigenvalue weighted by molar-refractivity contribution is 0.0718. The Bertz CT molecular complexity index is 944. The number of anilines is 1. The van der Waals surface area contributed by atoms with Crippen LogP contribution in [0.3, 0.4) is 0 Å². The highest BCUT2D eigenvalue weighted by Gasteiger charge is 2.22. The second-order valence-electron chi connectivity index (χ2n) is 7.26. The summed E-state index contributed by atoms with van der Waals surface area (Å²) in [5, 5.41) is 4.56. The van der Waals surface area contributed by atoms with E-state index in [1.165, 1.54) is 12.0 Å². The summed E-state index contributed by atoms with van der Waals surface area (Å²) in [6, 6.07) is 12.2. The average molecular weight is 363 g/mol. The van der Waals surface area contributed by atoms with Crippen LogP contribution < -0.4 is 4.90 Å². The van der Waals surface area contributed by atoms with E-state index in [0.29, 0.717) is 5.69 Å². The number of aromatic nitrogens is 3. The summed E-state index contributed by atoms with van der Waals surface area (Å²) in [5.74, 6) is 0.858. The Morgan fingerprint density at radius 1 is 1.15 bits per heavy atom. The quantitative estimate of drug-likeness (QED) is 0.714. The molecule has 3 heterocycles. The molecule has 0 atom stereocenters. The predicted octanol–water partition coefficient (Wildman–Crippen LogP) is 3.30. The molecule has 0 unspecified atom stereocenters. The molecule has 3 aromatic rings. The normalized spacial score (nSPS) is 14.5. The monoisotopic (exact) mass is 363 g/mol. The standard InChI is InChI=1S/C21H25N5O/c1-16-14-26-19(13-18(23-26)21(27)25-11-7-4-8-12-25)20(22-16)24(2)15-17-9-5-3-6-10-17/h3,5-6,9-10,13-14H,4,7-8,11-12,15H2,1-2H3. The first-order valence-corrected chi connectivity index (χ1v) is 9.53. The van der Waals surface area contributed by atoms with Gasteiger partial charge in [-0.1, -0.05) is 30.3 Å². The Morgan fingerprint density at radius 2 is 1.89 bits per heavy atom. The molecule has 4 rings (SSSR count). The molecular weight excluding hydrogens is 338 g/mol. The van der Waals surface area contributed by atoms with Gasteiger partial charge in [-0.15, -0.1) is 0 Å². The molecule has 1 aliphatic rings. The molecule has 0 radical (unpaired) electrons. The van der Waals surface area contributed by atoms with Crippen molar-refractivity contribution in [2.75, 3.05) is 25.0 Å². The summed E-state index contributed by atoms with van der Waals surface area (Å²) < 4.78 is 1.79. The zero-order chi connectivity index (χ0) is 18.8. The fourth-order valence-corrected chi connectivity index (χ4v) is 3.67. The van der Waals surface area contributed by atoms with E-state index in [9.17, 15) is 4.79 Å². The van der Waals surface area contributed by atoms with E-state index < -0.39 is 0 Å². The van der Waals surface area contributed by atoms with Gasteiger partial charge in [0.2, 0.25) is 0 Å². The van der Waals surface area contributed by atoms with Crippen LogP contribution in [0, 0.1) is 6.92 Å². The molecule has 0 spiro atoms. The van der Waals surface area contributed by atoms with Crippen molar-refractivity contribution in [3.05, 3.63) is 59.5 Å². The molecule has 6 heteroatoms. The number of carbonyl (C=O) groups excluding carboxylic acids is 1. The minimum absolute atomic E-state index is 0.0210. The molecule has 1 saturated heterocycles. The highest BCUT2D eigenvalue weighted by Crippen LogP contribution is 2.23. The number of piperidine rings is 1. The van der Waals surface area contributed by atoms with E-state index in [1.807, 2.05) is 49.3 Å². The molecule has 1 fully saturated rings. The molecule has 2 aromatic heterocycles. The van der Waals surface area contributed by atoms with Crippen LogP contribution in [0.25, 0.3) is 5.52 Å². The molecule has 0 saturated carbocycles. The zero-order valence-corrected chi connectivity index (χ0v) is 15.9. The van der Waals surface area contributed by atoms with Crippen molar-refractivity contribution in [3.8, 4) is 0 Å². The lowest BCUT2D eigenvalue weighted by atomic mass is 10.1. The van der Waals surface area contributed by atoms with Crippen LogP contribution in [-0.2, 0) is 6.54 Å². The first kappa shape index (κ1) is 17.5. The molecule has 0 aliphatic carbocycles. The molecule has 0 N–H and O–H groups in total. The first-order chi connectivity index (χ1) is 13.1. The smallest absolute Gasteiger partial charge is 0.274 e.